The van der Waals surface area contributed by atoms with Gasteiger partial charge in [-0.3, -0.25) is 4.79 Å². The minimum atomic E-state index is 0.187. The third-order valence-electron chi connectivity index (χ3n) is 8.78. The van der Waals surface area contributed by atoms with Crippen LogP contribution in [0.1, 0.15) is 57.1 Å². The lowest BCUT2D eigenvalue weighted by molar-refractivity contribution is -0.251. The van der Waals surface area contributed by atoms with Gasteiger partial charge in [0.15, 0.2) is 0 Å². The summed E-state index contributed by atoms with van der Waals surface area (Å²) >= 11 is 0. The number of carbonyl (C=O) groups is 1. The molecule has 1 saturated heterocycles. The van der Waals surface area contributed by atoms with Crippen molar-refractivity contribution in [3.8, 4) is 5.75 Å². The van der Waals surface area contributed by atoms with Crippen molar-refractivity contribution in [3.05, 3.63) is 29.3 Å². The molecule has 4 aliphatic rings. The SMILES string of the molecule is COc1ccc2c(c1)C[C@@H]1N(C(=O)C3CCC(OC)CC3)C3C[C@@]2(C)C31C. The number of likely N-dealkylation sites (tertiary alicyclic amines) is 1. The standard InChI is InChI=1S/C23H31NO3/c1-22-13-20-23(22,2)19(12-15-11-17(27-4)9-10-18(15)22)24(20)21(25)14-5-7-16(26-3)8-6-14/h9-11,14,16,19-20H,5-8,12-13H2,1-4H3/t14?,16?,19-,20?,22+,23?/m0/s1. The van der Waals surface area contributed by atoms with Gasteiger partial charge >= 0.3 is 0 Å². The van der Waals surface area contributed by atoms with Gasteiger partial charge < -0.3 is 14.4 Å². The van der Waals surface area contributed by atoms with Crippen LogP contribution in [-0.4, -0.2) is 43.2 Å². The molecule has 0 radical (unpaired) electrons. The normalized spacial score (nSPS) is 41.7. The summed E-state index contributed by atoms with van der Waals surface area (Å²) in [5.41, 5.74) is 3.27. The molecule has 1 aliphatic heterocycles. The molecule has 1 aromatic carbocycles. The highest BCUT2D eigenvalue weighted by Gasteiger charge is 2.77. The third-order valence-corrected chi connectivity index (χ3v) is 8.78. The van der Waals surface area contributed by atoms with Gasteiger partial charge in [0.05, 0.1) is 13.2 Å². The number of piperidine rings is 1. The van der Waals surface area contributed by atoms with Crippen molar-refractivity contribution in [1.82, 2.24) is 4.90 Å². The summed E-state index contributed by atoms with van der Waals surface area (Å²) in [4.78, 5) is 15.7. The highest BCUT2D eigenvalue weighted by molar-refractivity contribution is 5.82. The van der Waals surface area contributed by atoms with Gasteiger partial charge in [0.2, 0.25) is 5.91 Å². The summed E-state index contributed by atoms with van der Waals surface area (Å²) in [6.45, 7) is 4.83. The van der Waals surface area contributed by atoms with Crippen molar-refractivity contribution in [2.24, 2.45) is 11.3 Å². The van der Waals surface area contributed by atoms with E-state index < -0.39 is 0 Å². The molecule has 5 rings (SSSR count). The predicted molar refractivity (Wildman–Crippen MR) is 104 cm³/mol. The number of hydrogen-bond acceptors (Lipinski definition) is 3. The van der Waals surface area contributed by atoms with Gasteiger partial charge in [-0.15, -0.1) is 0 Å². The Morgan fingerprint density at radius 2 is 1.85 bits per heavy atom. The van der Waals surface area contributed by atoms with E-state index >= 15 is 0 Å². The predicted octanol–water partition coefficient (Wildman–Crippen LogP) is 3.70. The molecule has 0 bridgehead atoms. The van der Waals surface area contributed by atoms with Crippen molar-refractivity contribution in [1.29, 1.82) is 0 Å². The van der Waals surface area contributed by atoms with Crippen LogP contribution in [-0.2, 0) is 21.4 Å². The molecule has 3 fully saturated rings. The molecular formula is C23H31NO3. The zero-order chi connectivity index (χ0) is 19.0. The van der Waals surface area contributed by atoms with Crippen LogP contribution < -0.4 is 4.74 Å². The van der Waals surface area contributed by atoms with E-state index in [-0.39, 0.29) is 16.7 Å². The maximum absolute atomic E-state index is 13.4. The van der Waals surface area contributed by atoms with Crippen molar-refractivity contribution in [2.75, 3.05) is 14.2 Å². The number of ether oxygens (including phenoxy) is 2. The van der Waals surface area contributed by atoms with Gasteiger partial charge in [0.25, 0.3) is 0 Å². The minimum Gasteiger partial charge on any atom is -0.497 e. The second-order valence-corrected chi connectivity index (χ2v) is 9.53. The van der Waals surface area contributed by atoms with E-state index in [1.807, 2.05) is 0 Å². The molecule has 27 heavy (non-hydrogen) atoms. The monoisotopic (exact) mass is 369 g/mol. The summed E-state index contributed by atoms with van der Waals surface area (Å²) in [5, 5.41) is 0. The second-order valence-electron chi connectivity index (χ2n) is 9.53. The van der Waals surface area contributed by atoms with E-state index in [0.29, 0.717) is 24.1 Å². The molecule has 0 N–H and O–H groups in total. The topological polar surface area (TPSA) is 38.8 Å². The maximum atomic E-state index is 13.4. The first kappa shape index (κ1) is 17.5. The van der Waals surface area contributed by atoms with Crippen LogP contribution in [0, 0.1) is 11.3 Å². The van der Waals surface area contributed by atoms with Crippen LogP contribution in [0.3, 0.4) is 0 Å². The van der Waals surface area contributed by atoms with Crippen LogP contribution >= 0.6 is 0 Å². The van der Waals surface area contributed by atoms with Crippen LogP contribution in [0.25, 0.3) is 0 Å². The average molecular weight is 370 g/mol. The fourth-order valence-electron chi connectivity index (χ4n) is 6.84. The number of amides is 1. The number of benzene rings is 1. The zero-order valence-corrected chi connectivity index (χ0v) is 17.0. The molecule has 3 aliphatic carbocycles. The van der Waals surface area contributed by atoms with E-state index in [4.69, 9.17) is 9.47 Å². The molecule has 4 nitrogen and oxygen atoms in total. The molecule has 4 heteroatoms. The lowest BCUT2D eigenvalue weighted by atomic mass is 9.35. The fourth-order valence-corrected chi connectivity index (χ4v) is 6.84. The van der Waals surface area contributed by atoms with Crippen molar-refractivity contribution in [2.45, 2.75) is 76.0 Å². The molecule has 2 saturated carbocycles. The first-order chi connectivity index (χ1) is 12.9. The highest BCUT2D eigenvalue weighted by Crippen LogP contribution is 2.72. The number of hydrogen-bond donors (Lipinski definition) is 0. The van der Waals surface area contributed by atoms with E-state index in [2.05, 4.69) is 36.9 Å². The molecule has 0 aromatic heterocycles. The van der Waals surface area contributed by atoms with Gasteiger partial charge in [-0.25, -0.2) is 0 Å². The van der Waals surface area contributed by atoms with Crippen LogP contribution in [0.5, 0.6) is 5.75 Å². The smallest absolute Gasteiger partial charge is 0.226 e. The zero-order valence-electron chi connectivity index (χ0n) is 17.0. The van der Waals surface area contributed by atoms with E-state index in [1.165, 1.54) is 11.1 Å². The van der Waals surface area contributed by atoms with Crippen LogP contribution in [0.15, 0.2) is 18.2 Å². The second kappa shape index (κ2) is 5.73. The lowest BCUT2D eigenvalue weighted by Crippen LogP contribution is -2.87. The van der Waals surface area contributed by atoms with Gasteiger partial charge in [-0.1, -0.05) is 19.9 Å². The Kier molecular flexibility index (Phi) is 3.72. The van der Waals surface area contributed by atoms with Gasteiger partial charge in [0, 0.05) is 35.9 Å². The Labute approximate surface area is 162 Å². The van der Waals surface area contributed by atoms with Crippen LogP contribution in [0.2, 0.25) is 0 Å². The summed E-state index contributed by atoms with van der Waals surface area (Å²) < 4.78 is 11.0. The Balaban J connectivity index is 1.41. The van der Waals surface area contributed by atoms with Gasteiger partial charge in [-0.05, 0) is 61.8 Å². The average Bonchev–Trinajstić information content (AvgIpc) is 2.70. The Bertz CT molecular complexity index is 784. The Hall–Kier alpha value is -1.55. The largest absolute Gasteiger partial charge is 0.497 e. The van der Waals surface area contributed by atoms with Gasteiger partial charge in [-0.2, -0.15) is 0 Å². The molecule has 146 valence electrons. The molecule has 1 heterocycles. The summed E-state index contributed by atoms with van der Waals surface area (Å²) in [5.74, 6) is 1.52. The summed E-state index contributed by atoms with van der Waals surface area (Å²) in [6, 6.07) is 7.32. The number of nitrogens with zero attached hydrogens (tertiary/aromatic N) is 1. The highest BCUT2D eigenvalue weighted by atomic mass is 16.5. The molecule has 1 amide bonds. The minimum absolute atomic E-state index is 0.187. The maximum Gasteiger partial charge on any atom is 0.226 e. The molecule has 0 spiro atoms. The molecule has 2 unspecified atom stereocenters. The van der Waals surface area contributed by atoms with Crippen molar-refractivity contribution < 1.29 is 14.3 Å². The molecular weight excluding hydrogens is 338 g/mol. The molecule has 4 atom stereocenters. The summed E-state index contributed by atoms with van der Waals surface area (Å²) in [7, 11) is 3.52. The first-order valence-corrected chi connectivity index (χ1v) is 10.5. The Morgan fingerprint density at radius 3 is 2.52 bits per heavy atom. The fraction of sp³-hybridized carbons (Fsp3) is 0.696. The quantitative estimate of drug-likeness (QED) is 0.815. The number of carbonyl (C=O) groups excluding carboxylic acids is 1. The number of rotatable bonds is 3. The van der Waals surface area contributed by atoms with Crippen molar-refractivity contribution >= 4 is 5.91 Å². The lowest BCUT2D eigenvalue weighted by Gasteiger charge is -2.80. The molecule has 1 aromatic rings. The van der Waals surface area contributed by atoms with Gasteiger partial charge in [0.1, 0.15) is 5.75 Å². The van der Waals surface area contributed by atoms with E-state index in [1.54, 1.807) is 14.2 Å². The number of methoxy groups -OCH3 is 2. The third kappa shape index (κ3) is 2.05. The van der Waals surface area contributed by atoms with E-state index in [9.17, 15) is 4.79 Å². The van der Waals surface area contributed by atoms with E-state index in [0.717, 1.165) is 44.3 Å². The number of fused-ring (bicyclic) bond motifs is 2. The Morgan fingerprint density at radius 1 is 1.11 bits per heavy atom. The summed E-state index contributed by atoms with van der Waals surface area (Å²) in [6.07, 6.45) is 6.40. The van der Waals surface area contributed by atoms with Crippen LogP contribution in [0.4, 0.5) is 0 Å². The van der Waals surface area contributed by atoms with Crippen molar-refractivity contribution in [3.63, 3.8) is 0 Å². The first-order valence-electron chi connectivity index (χ1n) is 10.5.